The highest BCUT2D eigenvalue weighted by molar-refractivity contribution is 5.71. The zero-order valence-electron chi connectivity index (χ0n) is 44.3. The van der Waals surface area contributed by atoms with Crippen molar-refractivity contribution in [3.63, 3.8) is 0 Å². The predicted octanol–water partition coefficient (Wildman–Crippen LogP) is 18.6. The Labute approximate surface area is 424 Å². The Bertz CT molecular complexity index is 1510. The summed E-state index contributed by atoms with van der Waals surface area (Å²) in [4.78, 5) is 38.1. The van der Waals surface area contributed by atoms with Gasteiger partial charge >= 0.3 is 17.9 Å². The van der Waals surface area contributed by atoms with Crippen LogP contribution in [-0.2, 0) is 28.6 Å². The van der Waals surface area contributed by atoms with E-state index < -0.39 is 6.10 Å². The van der Waals surface area contributed by atoms with Crippen LogP contribution in [0.3, 0.4) is 0 Å². The van der Waals surface area contributed by atoms with Crippen molar-refractivity contribution in [1.82, 2.24) is 0 Å². The average Bonchev–Trinajstić information content (AvgIpc) is 3.35. The van der Waals surface area contributed by atoms with Crippen LogP contribution in [0, 0.1) is 0 Å². The predicted molar refractivity (Wildman–Crippen MR) is 297 cm³/mol. The van der Waals surface area contributed by atoms with Crippen molar-refractivity contribution in [1.29, 1.82) is 0 Å². The molecule has 388 valence electrons. The fourth-order valence-electron chi connectivity index (χ4n) is 7.14. The number of ether oxygens (including phenoxy) is 3. The first-order valence-corrected chi connectivity index (χ1v) is 27.8. The molecular formula is C63H100O6. The maximum atomic E-state index is 12.8. The molecule has 69 heavy (non-hydrogen) atoms. The third kappa shape index (κ3) is 54.4. The smallest absolute Gasteiger partial charge is 0.306 e. The highest BCUT2D eigenvalue weighted by atomic mass is 16.6. The van der Waals surface area contributed by atoms with Crippen LogP contribution in [0.1, 0.15) is 226 Å². The van der Waals surface area contributed by atoms with E-state index in [9.17, 15) is 14.4 Å². The summed E-state index contributed by atoms with van der Waals surface area (Å²) < 4.78 is 16.8. The Balaban J connectivity index is 4.54. The second-order valence-corrected chi connectivity index (χ2v) is 18.0. The third-order valence-corrected chi connectivity index (χ3v) is 11.3. The number of allylic oxidation sites excluding steroid dienone is 22. The molecule has 0 heterocycles. The molecule has 0 rings (SSSR count). The van der Waals surface area contributed by atoms with Crippen molar-refractivity contribution < 1.29 is 28.6 Å². The van der Waals surface area contributed by atoms with Crippen LogP contribution in [-0.4, -0.2) is 37.2 Å². The standard InChI is InChI=1S/C63H100O6/c1-4-7-10-13-16-19-22-25-28-30-32-35-38-41-44-47-50-53-56-62(65)68-59-60(58-67-61(64)55-52-49-46-43-40-37-34-27-24-21-18-15-12-9-6-3)69-63(66)57-54-51-48-45-42-39-36-33-31-29-26-23-20-17-14-11-8-5-2/h10-11,13-14,16-17,19-26,28-33,35-36,60H,4-9,12,15,18,27,34,37-59H2,1-3H3/b13-10-,14-11-,19-16-,20-17-,24-21-,25-22-,26-23-,30-28-,31-29-,35-32-,36-33-. The van der Waals surface area contributed by atoms with Crippen molar-refractivity contribution in [3.8, 4) is 0 Å². The van der Waals surface area contributed by atoms with E-state index in [1.165, 1.54) is 77.0 Å². The maximum Gasteiger partial charge on any atom is 0.306 e. The molecule has 0 aliphatic rings. The molecule has 0 saturated heterocycles. The lowest BCUT2D eigenvalue weighted by Gasteiger charge is -2.18. The van der Waals surface area contributed by atoms with Gasteiger partial charge in [-0.3, -0.25) is 14.4 Å². The fraction of sp³-hybridized carbons (Fsp3) is 0.603. The van der Waals surface area contributed by atoms with E-state index in [-0.39, 0.29) is 37.5 Å². The lowest BCUT2D eigenvalue weighted by Crippen LogP contribution is -2.30. The molecule has 6 heteroatoms. The summed E-state index contributed by atoms with van der Waals surface area (Å²) in [5.41, 5.74) is 0. The number of carbonyl (C=O) groups is 3. The van der Waals surface area contributed by atoms with Crippen LogP contribution in [0.4, 0.5) is 0 Å². The molecule has 0 aromatic rings. The molecule has 0 spiro atoms. The van der Waals surface area contributed by atoms with Crippen molar-refractivity contribution in [2.45, 2.75) is 232 Å². The van der Waals surface area contributed by atoms with Crippen LogP contribution in [0.5, 0.6) is 0 Å². The Kier molecular flexibility index (Phi) is 52.5. The second-order valence-electron chi connectivity index (χ2n) is 18.0. The maximum absolute atomic E-state index is 12.8. The molecule has 0 fully saturated rings. The molecule has 0 aliphatic heterocycles. The molecule has 6 nitrogen and oxygen atoms in total. The molecule has 0 radical (unpaired) electrons. The van der Waals surface area contributed by atoms with Crippen LogP contribution >= 0.6 is 0 Å². The molecule has 0 aromatic heterocycles. The molecule has 0 amide bonds. The van der Waals surface area contributed by atoms with Gasteiger partial charge in [0.1, 0.15) is 13.2 Å². The van der Waals surface area contributed by atoms with Gasteiger partial charge in [-0.15, -0.1) is 0 Å². The number of hydrogen-bond donors (Lipinski definition) is 0. The van der Waals surface area contributed by atoms with Crippen molar-refractivity contribution in [3.05, 3.63) is 134 Å². The Hall–Kier alpha value is -4.45. The highest BCUT2D eigenvalue weighted by Gasteiger charge is 2.19. The molecule has 0 N–H and O–H groups in total. The number of hydrogen-bond acceptors (Lipinski definition) is 6. The van der Waals surface area contributed by atoms with Crippen LogP contribution in [0.15, 0.2) is 134 Å². The summed E-state index contributed by atoms with van der Waals surface area (Å²) in [5, 5.41) is 0. The minimum Gasteiger partial charge on any atom is -0.462 e. The van der Waals surface area contributed by atoms with Gasteiger partial charge in [0.05, 0.1) is 0 Å². The molecular weight excluding hydrogens is 853 g/mol. The van der Waals surface area contributed by atoms with Gasteiger partial charge in [-0.1, -0.05) is 257 Å². The van der Waals surface area contributed by atoms with Gasteiger partial charge in [-0.25, -0.2) is 0 Å². The topological polar surface area (TPSA) is 78.9 Å². The zero-order valence-corrected chi connectivity index (χ0v) is 44.3. The van der Waals surface area contributed by atoms with Crippen molar-refractivity contribution in [2.75, 3.05) is 13.2 Å². The van der Waals surface area contributed by atoms with Crippen LogP contribution in [0.25, 0.3) is 0 Å². The molecule has 1 unspecified atom stereocenters. The first-order chi connectivity index (χ1) is 34.0. The van der Waals surface area contributed by atoms with E-state index in [0.717, 1.165) is 109 Å². The quantitative estimate of drug-likeness (QED) is 0.0199. The SMILES string of the molecule is CCC\C=C/C=C\C=C/C=C\C=C/CCCCCCCC(=O)OCC(COC(=O)CCCCCCCCC/C=C\CCCCCC)OC(=O)CCCCCCC\C=C/C=C\C=C/C=C\C=C/CCC. The average molecular weight is 953 g/mol. The van der Waals surface area contributed by atoms with Gasteiger partial charge in [0, 0.05) is 19.3 Å². The summed E-state index contributed by atoms with van der Waals surface area (Å²) in [6.45, 7) is 6.39. The zero-order chi connectivity index (χ0) is 50.0. The van der Waals surface area contributed by atoms with Gasteiger partial charge < -0.3 is 14.2 Å². The molecule has 0 saturated carbocycles. The summed E-state index contributed by atoms with van der Waals surface area (Å²) in [6, 6.07) is 0. The van der Waals surface area contributed by atoms with E-state index in [4.69, 9.17) is 14.2 Å². The lowest BCUT2D eigenvalue weighted by atomic mass is 10.1. The van der Waals surface area contributed by atoms with Crippen molar-refractivity contribution in [2.24, 2.45) is 0 Å². The van der Waals surface area contributed by atoms with Gasteiger partial charge in [-0.2, -0.15) is 0 Å². The van der Waals surface area contributed by atoms with E-state index in [0.29, 0.717) is 12.8 Å². The van der Waals surface area contributed by atoms with Crippen LogP contribution < -0.4 is 0 Å². The van der Waals surface area contributed by atoms with Gasteiger partial charge in [0.25, 0.3) is 0 Å². The molecule has 0 aliphatic carbocycles. The minimum absolute atomic E-state index is 0.104. The monoisotopic (exact) mass is 953 g/mol. The van der Waals surface area contributed by atoms with Gasteiger partial charge in [-0.05, 0) is 83.5 Å². The Morgan fingerprint density at radius 1 is 0.290 bits per heavy atom. The third-order valence-electron chi connectivity index (χ3n) is 11.3. The van der Waals surface area contributed by atoms with Gasteiger partial charge in [0.15, 0.2) is 6.10 Å². The summed E-state index contributed by atoms with van der Waals surface area (Å²) in [6.07, 6.45) is 78.4. The second kappa shape index (κ2) is 56.1. The Morgan fingerprint density at radius 3 is 0.913 bits per heavy atom. The highest BCUT2D eigenvalue weighted by Crippen LogP contribution is 2.14. The van der Waals surface area contributed by atoms with Crippen molar-refractivity contribution >= 4 is 17.9 Å². The van der Waals surface area contributed by atoms with E-state index in [1.54, 1.807) is 0 Å². The summed E-state index contributed by atoms with van der Waals surface area (Å²) in [5.74, 6) is -0.964. The molecule has 1 atom stereocenters. The van der Waals surface area contributed by atoms with E-state index in [2.05, 4.69) is 106 Å². The normalized spacial score (nSPS) is 13.1. The summed E-state index contributed by atoms with van der Waals surface area (Å²) >= 11 is 0. The largest absolute Gasteiger partial charge is 0.462 e. The molecule has 0 bridgehead atoms. The van der Waals surface area contributed by atoms with E-state index in [1.807, 2.05) is 48.6 Å². The number of esters is 3. The lowest BCUT2D eigenvalue weighted by molar-refractivity contribution is -0.167. The number of rotatable bonds is 48. The van der Waals surface area contributed by atoms with E-state index >= 15 is 0 Å². The first-order valence-electron chi connectivity index (χ1n) is 27.8. The first kappa shape index (κ1) is 64.5. The number of unbranched alkanes of at least 4 members (excludes halogenated alkanes) is 23. The number of carbonyl (C=O) groups excluding carboxylic acids is 3. The molecule has 0 aromatic carbocycles. The van der Waals surface area contributed by atoms with Crippen LogP contribution in [0.2, 0.25) is 0 Å². The Morgan fingerprint density at radius 2 is 0.565 bits per heavy atom. The minimum atomic E-state index is -0.810. The summed E-state index contributed by atoms with van der Waals surface area (Å²) in [7, 11) is 0. The van der Waals surface area contributed by atoms with Gasteiger partial charge in [0.2, 0.25) is 0 Å². The fourth-order valence-corrected chi connectivity index (χ4v) is 7.14.